The van der Waals surface area contributed by atoms with Gasteiger partial charge in [-0.2, -0.15) is 0 Å². The molecule has 2 aromatic carbocycles. The van der Waals surface area contributed by atoms with Gasteiger partial charge in [0.15, 0.2) is 0 Å². The van der Waals surface area contributed by atoms with Crippen molar-refractivity contribution in [3.05, 3.63) is 69.2 Å². The van der Waals surface area contributed by atoms with Crippen molar-refractivity contribution >= 4 is 35.0 Å². The Morgan fingerprint density at radius 3 is 2.41 bits per heavy atom. The van der Waals surface area contributed by atoms with E-state index in [9.17, 15) is 18.4 Å². The number of carbonyl (C=O) groups excluding carboxylic acids is 2. The molecule has 0 aliphatic carbocycles. The molecule has 4 nitrogen and oxygen atoms in total. The first kappa shape index (κ1) is 21.5. The summed E-state index contributed by atoms with van der Waals surface area (Å²) in [6.45, 7) is 2.48. The van der Waals surface area contributed by atoms with Crippen LogP contribution >= 0.6 is 23.2 Å². The Morgan fingerprint density at radius 1 is 1.10 bits per heavy atom. The lowest BCUT2D eigenvalue weighted by Gasteiger charge is -2.32. The normalized spacial score (nSPS) is 15.8. The quantitative estimate of drug-likeness (QED) is 0.726. The minimum atomic E-state index is -0.886. The predicted molar refractivity (Wildman–Crippen MR) is 108 cm³/mol. The molecule has 1 fully saturated rings. The molecule has 29 heavy (non-hydrogen) atoms. The fourth-order valence-corrected chi connectivity index (χ4v) is 4.01. The van der Waals surface area contributed by atoms with Gasteiger partial charge in [0.2, 0.25) is 5.91 Å². The zero-order valence-corrected chi connectivity index (χ0v) is 17.2. The van der Waals surface area contributed by atoms with E-state index in [1.165, 1.54) is 4.90 Å². The number of amides is 2. The number of hydrogen-bond acceptors (Lipinski definition) is 2. The third-order valence-corrected chi connectivity index (χ3v) is 5.66. The zero-order chi connectivity index (χ0) is 21.1. The molecule has 1 saturated heterocycles. The molecule has 1 aliphatic rings. The largest absolute Gasteiger partial charge is 0.349 e. The van der Waals surface area contributed by atoms with Crippen LogP contribution in [0.5, 0.6) is 0 Å². The van der Waals surface area contributed by atoms with Crippen molar-refractivity contribution in [2.45, 2.75) is 25.8 Å². The van der Waals surface area contributed by atoms with Gasteiger partial charge in [-0.1, -0.05) is 29.3 Å². The summed E-state index contributed by atoms with van der Waals surface area (Å²) in [6.07, 6.45) is 0.920. The van der Waals surface area contributed by atoms with E-state index in [-0.39, 0.29) is 23.4 Å². The van der Waals surface area contributed by atoms with Gasteiger partial charge in [0.05, 0.1) is 11.6 Å². The number of likely N-dealkylation sites (tertiary alicyclic amines) is 1. The van der Waals surface area contributed by atoms with E-state index in [1.54, 1.807) is 18.2 Å². The molecule has 3 rings (SSSR count). The third-order valence-electron chi connectivity index (χ3n) is 5.10. The van der Waals surface area contributed by atoms with Gasteiger partial charge in [-0.25, -0.2) is 8.78 Å². The Hall–Kier alpha value is -2.18. The van der Waals surface area contributed by atoms with Crippen LogP contribution in [0.25, 0.3) is 0 Å². The molecular weight excluding hydrogens is 421 g/mol. The lowest BCUT2D eigenvalue weighted by atomic mass is 9.94. The molecule has 1 aliphatic heterocycles. The monoisotopic (exact) mass is 440 g/mol. The van der Waals surface area contributed by atoms with Gasteiger partial charge in [-0.15, -0.1) is 0 Å². The minimum absolute atomic E-state index is 0.122. The lowest BCUT2D eigenvalue weighted by molar-refractivity contribution is -0.127. The molecule has 0 aromatic heterocycles. The smallest absolute Gasteiger partial charge is 0.256 e. The molecule has 0 radical (unpaired) electrons. The van der Waals surface area contributed by atoms with E-state index >= 15 is 0 Å². The van der Waals surface area contributed by atoms with E-state index in [0.29, 0.717) is 42.0 Å². The zero-order valence-electron chi connectivity index (χ0n) is 15.7. The van der Waals surface area contributed by atoms with Crippen LogP contribution in [-0.2, 0) is 4.79 Å². The van der Waals surface area contributed by atoms with Crippen LogP contribution in [0.4, 0.5) is 8.78 Å². The van der Waals surface area contributed by atoms with Crippen LogP contribution < -0.4 is 5.32 Å². The summed E-state index contributed by atoms with van der Waals surface area (Å²) in [7, 11) is 0. The van der Waals surface area contributed by atoms with Gasteiger partial charge in [0.1, 0.15) is 11.6 Å². The van der Waals surface area contributed by atoms with E-state index < -0.39 is 17.5 Å². The van der Waals surface area contributed by atoms with Crippen LogP contribution in [0.3, 0.4) is 0 Å². The van der Waals surface area contributed by atoms with Gasteiger partial charge in [0, 0.05) is 35.1 Å². The molecule has 0 bridgehead atoms. The first-order chi connectivity index (χ1) is 13.8. The molecule has 1 atom stereocenters. The summed E-state index contributed by atoms with van der Waals surface area (Å²) in [5.41, 5.74) is 0.601. The summed E-state index contributed by atoms with van der Waals surface area (Å²) in [6, 6.07) is 7.71. The summed E-state index contributed by atoms with van der Waals surface area (Å²) < 4.78 is 26.9. The SMILES string of the molecule is C[C@H](NC(=O)C1CCN(C(=O)c2ccc(F)cc2F)CC1)c1ccc(Cl)cc1Cl. The van der Waals surface area contributed by atoms with Crippen molar-refractivity contribution < 1.29 is 18.4 Å². The number of nitrogens with one attached hydrogen (secondary N) is 1. The second-order valence-corrected chi connectivity index (χ2v) is 7.93. The third kappa shape index (κ3) is 5.06. The Morgan fingerprint density at radius 2 is 1.79 bits per heavy atom. The second-order valence-electron chi connectivity index (χ2n) is 7.09. The molecule has 0 spiro atoms. The van der Waals surface area contributed by atoms with Crippen LogP contribution in [0, 0.1) is 17.6 Å². The van der Waals surface area contributed by atoms with Crippen molar-refractivity contribution in [2.75, 3.05) is 13.1 Å². The molecule has 0 saturated carbocycles. The number of benzene rings is 2. The second kappa shape index (κ2) is 9.09. The maximum atomic E-state index is 13.9. The number of halogens is 4. The van der Waals surface area contributed by atoms with Gasteiger partial charge < -0.3 is 10.2 Å². The van der Waals surface area contributed by atoms with Crippen LogP contribution in [0.15, 0.2) is 36.4 Å². The molecular formula is C21H20Cl2F2N2O2. The molecule has 1 heterocycles. The number of hydrogen-bond donors (Lipinski definition) is 1. The highest BCUT2D eigenvalue weighted by atomic mass is 35.5. The summed E-state index contributed by atoms with van der Waals surface area (Å²) in [5.74, 6) is -2.50. The summed E-state index contributed by atoms with van der Waals surface area (Å²) in [4.78, 5) is 26.6. The Kier molecular flexibility index (Phi) is 6.75. The highest BCUT2D eigenvalue weighted by Crippen LogP contribution is 2.27. The molecule has 2 aromatic rings. The van der Waals surface area contributed by atoms with Gasteiger partial charge in [-0.3, -0.25) is 9.59 Å². The van der Waals surface area contributed by atoms with E-state index in [2.05, 4.69) is 5.32 Å². The fraction of sp³-hybridized carbons (Fsp3) is 0.333. The molecule has 8 heteroatoms. The fourth-order valence-electron chi connectivity index (χ4n) is 3.44. The Bertz CT molecular complexity index is 931. The van der Waals surface area contributed by atoms with Crippen molar-refractivity contribution in [3.63, 3.8) is 0 Å². The van der Waals surface area contributed by atoms with Crippen LogP contribution in [-0.4, -0.2) is 29.8 Å². The predicted octanol–water partition coefficient (Wildman–Crippen LogP) is 5.00. The van der Waals surface area contributed by atoms with Gasteiger partial charge in [0.25, 0.3) is 5.91 Å². The Labute approximate surface area is 177 Å². The van der Waals surface area contributed by atoms with E-state index in [4.69, 9.17) is 23.2 Å². The Balaban J connectivity index is 1.57. The first-order valence-electron chi connectivity index (χ1n) is 9.26. The number of carbonyl (C=O) groups is 2. The maximum Gasteiger partial charge on any atom is 0.256 e. The minimum Gasteiger partial charge on any atom is -0.349 e. The highest BCUT2D eigenvalue weighted by Gasteiger charge is 2.29. The molecule has 1 N–H and O–H groups in total. The van der Waals surface area contributed by atoms with Crippen molar-refractivity contribution in [1.82, 2.24) is 10.2 Å². The summed E-state index contributed by atoms with van der Waals surface area (Å²) in [5, 5.41) is 3.94. The van der Waals surface area contributed by atoms with E-state index in [0.717, 1.165) is 17.7 Å². The average molecular weight is 441 g/mol. The van der Waals surface area contributed by atoms with E-state index in [1.807, 2.05) is 6.92 Å². The molecule has 154 valence electrons. The van der Waals surface area contributed by atoms with Crippen molar-refractivity contribution in [1.29, 1.82) is 0 Å². The van der Waals surface area contributed by atoms with Crippen LogP contribution in [0.1, 0.15) is 41.7 Å². The number of piperidine rings is 1. The number of nitrogens with zero attached hydrogens (tertiary/aromatic N) is 1. The average Bonchev–Trinajstić information content (AvgIpc) is 2.67. The maximum absolute atomic E-state index is 13.9. The number of rotatable bonds is 4. The molecule has 0 unspecified atom stereocenters. The molecule has 2 amide bonds. The van der Waals surface area contributed by atoms with Gasteiger partial charge >= 0.3 is 0 Å². The first-order valence-corrected chi connectivity index (χ1v) is 10.0. The topological polar surface area (TPSA) is 49.4 Å². The van der Waals surface area contributed by atoms with Crippen LogP contribution in [0.2, 0.25) is 10.0 Å². The van der Waals surface area contributed by atoms with Crippen molar-refractivity contribution in [3.8, 4) is 0 Å². The standard InChI is InChI=1S/C21H20Cl2F2N2O2/c1-12(16-4-2-14(22)10-18(16)23)26-20(28)13-6-8-27(9-7-13)21(29)17-5-3-15(24)11-19(17)25/h2-5,10-13H,6-9H2,1H3,(H,26,28)/t12-/m0/s1. The lowest BCUT2D eigenvalue weighted by Crippen LogP contribution is -2.43. The van der Waals surface area contributed by atoms with Gasteiger partial charge in [-0.05, 0) is 49.6 Å². The highest BCUT2D eigenvalue weighted by molar-refractivity contribution is 6.35. The van der Waals surface area contributed by atoms with Crippen molar-refractivity contribution in [2.24, 2.45) is 5.92 Å². The summed E-state index contributed by atoms with van der Waals surface area (Å²) >= 11 is 12.1.